The molecule has 1 aliphatic rings. The number of rotatable bonds is 2. The Balaban J connectivity index is 2.52. The van der Waals surface area contributed by atoms with Gasteiger partial charge < -0.3 is 14.9 Å². The Morgan fingerprint density at radius 2 is 1.83 bits per heavy atom. The molecule has 18 heavy (non-hydrogen) atoms. The minimum absolute atomic E-state index is 0.0707. The minimum atomic E-state index is -1.34. The van der Waals surface area contributed by atoms with Crippen LogP contribution < -0.4 is 4.90 Å². The van der Waals surface area contributed by atoms with E-state index in [1.807, 2.05) is 0 Å². The fourth-order valence-corrected chi connectivity index (χ4v) is 1.65. The smallest absolute Gasteiger partial charge is 0.337 e. The van der Waals surface area contributed by atoms with E-state index >= 15 is 0 Å². The predicted octanol–water partition coefficient (Wildman–Crippen LogP) is -0.0198. The molecular formula is C11H9NO6. The van der Waals surface area contributed by atoms with Crippen LogP contribution in [-0.4, -0.2) is 41.2 Å². The van der Waals surface area contributed by atoms with E-state index in [0.29, 0.717) is 0 Å². The Morgan fingerprint density at radius 1 is 1.22 bits per heavy atom. The van der Waals surface area contributed by atoms with Crippen molar-refractivity contribution in [2.75, 3.05) is 18.1 Å². The first-order valence-electron chi connectivity index (χ1n) is 5.00. The van der Waals surface area contributed by atoms with Crippen LogP contribution >= 0.6 is 0 Å². The standard InChI is InChI=1S/C11H9NO6/c13-6-1-2-8(7(3-6)11(16)17)12-9(14)4-18-5-10(12)15/h1-3,13H,4-5H2,(H,16,17). The first-order chi connectivity index (χ1) is 8.50. The van der Waals surface area contributed by atoms with E-state index in [4.69, 9.17) is 9.84 Å². The Kier molecular flexibility index (Phi) is 2.99. The van der Waals surface area contributed by atoms with Crippen molar-refractivity contribution in [1.82, 2.24) is 0 Å². The van der Waals surface area contributed by atoms with Crippen LogP contribution in [0.3, 0.4) is 0 Å². The molecule has 7 nitrogen and oxygen atoms in total. The summed E-state index contributed by atoms with van der Waals surface area (Å²) in [6.07, 6.45) is 0. The number of imide groups is 1. The second-order valence-electron chi connectivity index (χ2n) is 3.62. The molecule has 94 valence electrons. The van der Waals surface area contributed by atoms with Gasteiger partial charge in [-0.05, 0) is 18.2 Å². The Labute approximate surface area is 101 Å². The maximum absolute atomic E-state index is 11.6. The van der Waals surface area contributed by atoms with Crippen LogP contribution in [0.5, 0.6) is 5.75 Å². The van der Waals surface area contributed by atoms with Crippen LogP contribution in [0.15, 0.2) is 18.2 Å². The Bertz CT molecular complexity index is 522. The lowest BCUT2D eigenvalue weighted by molar-refractivity contribution is -0.138. The third kappa shape index (κ3) is 2.03. The number of carboxylic acid groups (broad SMARTS) is 1. The number of aromatic hydroxyl groups is 1. The highest BCUT2D eigenvalue weighted by molar-refractivity contribution is 6.19. The van der Waals surface area contributed by atoms with Gasteiger partial charge in [0.1, 0.15) is 19.0 Å². The van der Waals surface area contributed by atoms with Crippen molar-refractivity contribution in [1.29, 1.82) is 0 Å². The van der Waals surface area contributed by atoms with Gasteiger partial charge in [-0.2, -0.15) is 0 Å². The maximum atomic E-state index is 11.6. The summed E-state index contributed by atoms with van der Waals surface area (Å²) in [7, 11) is 0. The van der Waals surface area contributed by atoms with Crippen LogP contribution in [0.25, 0.3) is 0 Å². The molecular weight excluding hydrogens is 242 g/mol. The summed E-state index contributed by atoms with van der Waals surface area (Å²) in [4.78, 5) is 35.0. The number of carboxylic acids is 1. The molecule has 2 amide bonds. The number of amides is 2. The average Bonchev–Trinajstić information content (AvgIpc) is 2.30. The number of hydrogen-bond donors (Lipinski definition) is 2. The molecule has 7 heteroatoms. The van der Waals surface area contributed by atoms with Crippen molar-refractivity contribution < 1.29 is 29.3 Å². The lowest BCUT2D eigenvalue weighted by atomic mass is 10.1. The van der Waals surface area contributed by atoms with Crippen molar-refractivity contribution in [2.45, 2.75) is 0 Å². The van der Waals surface area contributed by atoms with Crippen LogP contribution in [0.1, 0.15) is 10.4 Å². The summed E-state index contributed by atoms with van der Waals surface area (Å²) in [6, 6.07) is 3.39. The summed E-state index contributed by atoms with van der Waals surface area (Å²) in [5.41, 5.74) is -0.391. The van der Waals surface area contributed by atoms with Crippen LogP contribution in [-0.2, 0) is 14.3 Å². The molecule has 0 unspecified atom stereocenters. The van der Waals surface area contributed by atoms with Gasteiger partial charge in [0.25, 0.3) is 11.8 Å². The molecule has 1 saturated heterocycles. The van der Waals surface area contributed by atoms with Gasteiger partial charge in [0.15, 0.2) is 0 Å². The molecule has 0 bridgehead atoms. The number of phenols is 1. The molecule has 1 aliphatic heterocycles. The van der Waals surface area contributed by atoms with Crippen molar-refractivity contribution in [2.24, 2.45) is 0 Å². The summed E-state index contributed by atoms with van der Waals surface area (Å²) in [6.45, 7) is -0.572. The number of anilines is 1. The quantitative estimate of drug-likeness (QED) is 0.716. The van der Waals surface area contributed by atoms with Gasteiger partial charge in [0, 0.05) is 0 Å². The van der Waals surface area contributed by atoms with Gasteiger partial charge in [-0.25, -0.2) is 9.69 Å². The first kappa shape index (κ1) is 12.1. The molecule has 0 spiro atoms. The largest absolute Gasteiger partial charge is 0.508 e. The molecule has 0 saturated carbocycles. The molecule has 1 aromatic rings. The van der Waals surface area contributed by atoms with E-state index in [0.717, 1.165) is 11.0 Å². The van der Waals surface area contributed by atoms with Gasteiger partial charge in [0.2, 0.25) is 0 Å². The van der Waals surface area contributed by atoms with E-state index in [-0.39, 0.29) is 30.2 Å². The summed E-state index contributed by atoms with van der Waals surface area (Å²) < 4.78 is 4.73. The average molecular weight is 251 g/mol. The van der Waals surface area contributed by atoms with Gasteiger partial charge >= 0.3 is 5.97 Å². The number of carbonyl (C=O) groups is 3. The fourth-order valence-electron chi connectivity index (χ4n) is 1.65. The lowest BCUT2D eigenvalue weighted by Crippen LogP contribution is -2.46. The second-order valence-corrected chi connectivity index (χ2v) is 3.62. The molecule has 1 fully saturated rings. The zero-order valence-electron chi connectivity index (χ0n) is 9.12. The molecule has 0 aromatic heterocycles. The number of ether oxygens (including phenoxy) is 1. The highest BCUT2D eigenvalue weighted by Gasteiger charge is 2.31. The zero-order valence-corrected chi connectivity index (χ0v) is 9.12. The lowest BCUT2D eigenvalue weighted by Gasteiger charge is -2.26. The molecule has 1 heterocycles. The topological polar surface area (TPSA) is 104 Å². The zero-order chi connectivity index (χ0) is 13.3. The molecule has 1 aromatic carbocycles. The number of nitrogens with zero attached hydrogens (tertiary/aromatic N) is 1. The van der Waals surface area contributed by atoms with Gasteiger partial charge in [-0.15, -0.1) is 0 Å². The Morgan fingerprint density at radius 3 is 2.39 bits per heavy atom. The Hall–Kier alpha value is -2.41. The van der Waals surface area contributed by atoms with E-state index in [1.54, 1.807) is 0 Å². The van der Waals surface area contributed by atoms with Crippen LogP contribution in [0, 0.1) is 0 Å². The number of aromatic carboxylic acids is 1. The van der Waals surface area contributed by atoms with E-state index in [9.17, 15) is 19.5 Å². The molecule has 2 N–H and O–H groups in total. The summed E-state index contributed by atoms with van der Waals surface area (Å²) >= 11 is 0. The summed E-state index contributed by atoms with van der Waals surface area (Å²) in [5.74, 6) is -2.88. The third-order valence-electron chi connectivity index (χ3n) is 2.40. The number of carbonyl (C=O) groups excluding carboxylic acids is 2. The minimum Gasteiger partial charge on any atom is -0.508 e. The van der Waals surface area contributed by atoms with E-state index < -0.39 is 17.8 Å². The molecule has 2 rings (SSSR count). The van der Waals surface area contributed by atoms with Gasteiger partial charge in [0.05, 0.1) is 11.3 Å². The van der Waals surface area contributed by atoms with Crippen LogP contribution in [0.4, 0.5) is 5.69 Å². The van der Waals surface area contributed by atoms with Crippen molar-refractivity contribution in [3.8, 4) is 5.75 Å². The van der Waals surface area contributed by atoms with Gasteiger partial charge in [-0.3, -0.25) is 9.59 Å². The third-order valence-corrected chi connectivity index (χ3v) is 2.40. The highest BCUT2D eigenvalue weighted by atomic mass is 16.5. The fraction of sp³-hybridized carbons (Fsp3) is 0.182. The predicted molar refractivity (Wildman–Crippen MR) is 58.4 cm³/mol. The number of hydrogen-bond acceptors (Lipinski definition) is 5. The van der Waals surface area contributed by atoms with E-state index in [2.05, 4.69) is 0 Å². The maximum Gasteiger partial charge on any atom is 0.337 e. The molecule has 0 aliphatic carbocycles. The van der Waals surface area contributed by atoms with Crippen molar-refractivity contribution >= 4 is 23.5 Å². The van der Waals surface area contributed by atoms with E-state index in [1.165, 1.54) is 12.1 Å². The molecule has 0 radical (unpaired) electrons. The first-order valence-corrected chi connectivity index (χ1v) is 5.00. The van der Waals surface area contributed by atoms with Crippen molar-refractivity contribution in [3.05, 3.63) is 23.8 Å². The van der Waals surface area contributed by atoms with Crippen LogP contribution in [0.2, 0.25) is 0 Å². The van der Waals surface area contributed by atoms with Crippen molar-refractivity contribution in [3.63, 3.8) is 0 Å². The SMILES string of the molecule is O=C(O)c1cc(O)ccc1N1C(=O)COCC1=O. The number of benzene rings is 1. The molecule has 0 atom stereocenters. The number of morpholine rings is 1. The summed E-state index contributed by atoms with van der Waals surface area (Å²) in [5, 5.41) is 18.2. The normalized spacial score (nSPS) is 15.9. The highest BCUT2D eigenvalue weighted by Crippen LogP contribution is 2.26. The number of phenolic OH excluding ortho intramolecular Hbond substituents is 1. The second kappa shape index (κ2) is 4.46. The van der Waals surface area contributed by atoms with Gasteiger partial charge in [-0.1, -0.05) is 0 Å². The monoisotopic (exact) mass is 251 g/mol.